The van der Waals surface area contributed by atoms with Crippen molar-refractivity contribution in [2.75, 3.05) is 0 Å². The molecule has 0 aliphatic rings. The quantitative estimate of drug-likeness (QED) is 0.522. The molecule has 0 aromatic rings. The number of Topliss-reactive ketones (excluding diaryl/α,β-unsaturated/α-hetero) is 1. The van der Waals surface area contributed by atoms with Crippen molar-refractivity contribution in [2.45, 2.75) is 65.7 Å². The van der Waals surface area contributed by atoms with Gasteiger partial charge in [0, 0.05) is 12.3 Å². The summed E-state index contributed by atoms with van der Waals surface area (Å²) in [5.74, 6) is 0.760. The predicted octanol–water partition coefficient (Wildman–Crippen LogP) is 3.96. The molecule has 0 aliphatic carbocycles. The van der Waals surface area contributed by atoms with Crippen molar-refractivity contribution in [1.29, 1.82) is 0 Å². The SMILES string of the molecule is CCCCCCC(C)C(=O)CCC. The first-order valence-electron chi connectivity index (χ1n) is 5.75. The van der Waals surface area contributed by atoms with E-state index in [1.807, 2.05) is 0 Å². The van der Waals surface area contributed by atoms with Gasteiger partial charge in [0.15, 0.2) is 0 Å². The highest BCUT2D eigenvalue weighted by atomic mass is 16.1. The molecule has 0 heterocycles. The van der Waals surface area contributed by atoms with E-state index in [2.05, 4.69) is 20.8 Å². The summed E-state index contributed by atoms with van der Waals surface area (Å²) >= 11 is 0. The van der Waals surface area contributed by atoms with E-state index >= 15 is 0 Å². The lowest BCUT2D eigenvalue weighted by Gasteiger charge is -2.08. The zero-order valence-corrected chi connectivity index (χ0v) is 9.44. The monoisotopic (exact) mass is 184 g/mol. The highest BCUT2D eigenvalue weighted by Crippen LogP contribution is 2.13. The fourth-order valence-electron chi connectivity index (χ4n) is 1.53. The summed E-state index contributed by atoms with van der Waals surface area (Å²) in [6.07, 6.45) is 7.97. The van der Waals surface area contributed by atoms with Crippen molar-refractivity contribution in [3.63, 3.8) is 0 Å². The molecule has 0 amide bonds. The summed E-state index contributed by atoms with van der Waals surface area (Å²) in [6, 6.07) is 0. The van der Waals surface area contributed by atoms with E-state index in [9.17, 15) is 4.79 Å². The molecule has 1 atom stereocenters. The van der Waals surface area contributed by atoms with Gasteiger partial charge in [0.1, 0.15) is 5.78 Å². The van der Waals surface area contributed by atoms with Crippen LogP contribution in [-0.2, 0) is 4.79 Å². The van der Waals surface area contributed by atoms with Gasteiger partial charge in [0.2, 0.25) is 0 Å². The molecule has 0 saturated carbocycles. The van der Waals surface area contributed by atoms with Gasteiger partial charge in [-0.3, -0.25) is 4.79 Å². The lowest BCUT2D eigenvalue weighted by Crippen LogP contribution is -2.09. The zero-order chi connectivity index (χ0) is 10.1. The van der Waals surface area contributed by atoms with Crippen LogP contribution in [0.2, 0.25) is 0 Å². The second-order valence-electron chi connectivity index (χ2n) is 3.97. The van der Waals surface area contributed by atoms with Gasteiger partial charge in [-0.2, -0.15) is 0 Å². The molecule has 0 aromatic carbocycles. The smallest absolute Gasteiger partial charge is 0.135 e. The number of carbonyl (C=O) groups is 1. The number of hydrogen-bond acceptors (Lipinski definition) is 1. The third-order valence-corrected chi connectivity index (χ3v) is 2.54. The Kier molecular flexibility index (Phi) is 8.07. The molecule has 13 heavy (non-hydrogen) atoms. The summed E-state index contributed by atoms with van der Waals surface area (Å²) in [5, 5.41) is 0. The second-order valence-corrected chi connectivity index (χ2v) is 3.97. The Hall–Kier alpha value is -0.330. The summed E-state index contributed by atoms with van der Waals surface area (Å²) in [5.41, 5.74) is 0. The van der Waals surface area contributed by atoms with Crippen molar-refractivity contribution in [1.82, 2.24) is 0 Å². The van der Waals surface area contributed by atoms with E-state index in [0.29, 0.717) is 11.7 Å². The van der Waals surface area contributed by atoms with Crippen LogP contribution >= 0.6 is 0 Å². The summed E-state index contributed by atoms with van der Waals surface area (Å²) in [6.45, 7) is 6.36. The Balaban J connectivity index is 3.38. The van der Waals surface area contributed by atoms with Crippen LogP contribution in [0.5, 0.6) is 0 Å². The summed E-state index contributed by atoms with van der Waals surface area (Å²) in [7, 11) is 0. The van der Waals surface area contributed by atoms with Gasteiger partial charge >= 0.3 is 0 Å². The molecule has 0 spiro atoms. The Morgan fingerprint density at radius 1 is 1.08 bits per heavy atom. The van der Waals surface area contributed by atoms with E-state index in [4.69, 9.17) is 0 Å². The zero-order valence-electron chi connectivity index (χ0n) is 9.44. The standard InChI is InChI=1S/C12H24O/c1-4-6-7-8-10-11(3)12(13)9-5-2/h11H,4-10H2,1-3H3. The molecule has 0 saturated heterocycles. The van der Waals surface area contributed by atoms with E-state index in [-0.39, 0.29) is 0 Å². The number of ketones is 1. The minimum absolute atomic E-state index is 0.303. The van der Waals surface area contributed by atoms with Crippen molar-refractivity contribution in [3.8, 4) is 0 Å². The molecular formula is C12H24O. The van der Waals surface area contributed by atoms with E-state index < -0.39 is 0 Å². The van der Waals surface area contributed by atoms with Gasteiger partial charge in [0.05, 0.1) is 0 Å². The number of unbranched alkanes of at least 4 members (excludes halogenated alkanes) is 3. The lowest BCUT2D eigenvalue weighted by atomic mass is 9.96. The number of carbonyl (C=O) groups excluding carboxylic acids is 1. The second kappa shape index (κ2) is 8.28. The van der Waals surface area contributed by atoms with Crippen LogP contribution in [0.1, 0.15) is 65.7 Å². The average Bonchev–Trinajstić information content (AvgIpc) is 2.12. The Morgan fingerprint density at radius 3 is 2.31 bits per heavy atom. The maximum absolute atomic E-state index is 11.4. The Morgan fingerprint density at radius 2 is 1.77 bits per heavy atom. The van der Waals surface area contributed by atoms with Gasteiger partial charge in [-0.1, -0.05) is 46.5 Å². The van der Waals surface area contributed by atoms with Crippen molar-refractivity contribution in [2.24, 2.45) is 5.92 Å². The molecule has 1 nitrogen and oxygen atoms in total. The van der Waals surface area contributed by atoms with Crippen LogP contribution in [0.4, 0.5) is 0 Å². The highest BCUT2D eigenvalue weighted by molar-refractivity contribution is 5.80. The molecule has 0 aliphatic heterocycles. The van der Waals surface area contributed by atoms with Crippen molar-refractivity contribution >= 4 is 5.78 Å². The fourth-order valence-corrected chi connectivity index (χ4v) is 1.53. The molecule has 78 valence electrons. The van der Waals surface area contributed by atoms with E-state index in [1.165, 1.54) is 25.7 Å². The highest BCUT2D eigenvalue weighted by Gasteiger charge is 2.10. The van der Waals surface area contributed by atoms with Crippen LogP contribution in [0.25, 0.3) is 0 Å². The topological polar surface area (TPSA) is 17.1 Å². The van der Waals surface area contributed by atoms with E-state index in [1.54, 1.807) is 0 Å². The fraction of sp³-hybridized carbons (Fsp3) is 0.917. The summed E-state index contributed by atoms with van der Waals surface area (Å²) < 4.78 is 0. The Labute approximate surface area is 82.9 Å². The van der Waals surface area contributed by atoms with E-state index in [0.717, 1.165) is 19.3 Å². The molecule has 1 heteroatoms. The first kappa shape index (κ1) is 12.7. The third-order valence-electron chi connectivity index (χ3n) is 2.54. The van der Waals surface area contributed by atoms with Crippen LogP contribution in [-0.4, -0.2) is 5.78 Å². The third kappa shape index (κ3) is 6.80. The maximum Gasteiger partial charge on any atom is 0.135 e. The molecule has 0 rings (SSSR count). The van der Waals surface area contributed by atoms with Crippen LogP contribution < -0.4 is 0 Å². The first-order valence-corrected chi connectivity index (χ1v) is 5.75. The molecule has 1 unspecified atom stereocenters. The number of hydrogen-bond donors (Lipinski definition) is 0. The molecule has 0 radical (unpaired) electrons. The molecule has 0 bridgehead atoms. The van der Waals surface area contributed by atoms with Crippen LogP contribution in [0.3, 0.4) is 0 Å². The summed E-state index contributed by atoms with van der Waals surface area (Å²) in [4.78, 5) is 11.4. The molecule has 0 N–H and O–H groups in total. The minimum atomic E-state index is 0.303. The van der Waals surface area contributed by atoms with Gasteiger partial charge in [-0.05, 0) is 12.8 Å². The van der Waals surface area contributed by atoms with Gasteiger partial charge < -0.3 is 0 Å². The maximum atomic E-state index is 11.4. The average molecular weight is 184 g/mol. The van der Waals surface area contributed by atoms with Crippen molar-refractivity contribution in [3.05, 3.63) is 0 Å². The Bertz CT molecular complexity index is 129. The molecule has 0 aromatic heterocycles. The lowest BCUT2D eigenvalue weighted by molar-refractivity contribution is -0.122. The van der Waals surface area contributed by atoms with Crippen molar-refractivity contribution < 1.29 is 4.79 Å². The van der Waals surface area contributed by atoms with Gasteiger partial charge in [-0.15, -0.1) is 0 Å². The molecular weight excluding hydrogens is 160 g/mol. The molecule has 0 fully saturated rings. The largest absolute Gasteiger partial charge is 0.299 e. The first-order chi connectivity index (χ1) is 6.22. The number of rotatable bonds is 8. The van der Waals surface area contributed by atoms with Crippen LogP contribution in [0.15, 0.2) is 0 Å². The van der Waals surface area contributed by atoms with Gasteiger partial charge in [0.25, 0.3) is 0 Å². The minimum Gasteiger partial charge on any atom is -0.299 e. The van der Waals surface area contributed by atoms with Gasteiger partial charge in [-0.25, -0.2) is 0 Å². The normalized spacial score (nSPS) is 12.8. The predicted molar refractivity (Wildman–Crippen MR) is 57.8 cm³/mol. The van der Waals surface area contributed by atoms with Crippen LogP contribution in [0, 0.1) is 5.92 Å².